The first kappa shape index (κ1) is 60.7. The Hall–Kier alpha value is -13.5. The van der Waals surface area contributed by atoms with Crippen molar-refractivity contribution in [3.05, 3.63) is 344 Å². The van der Waals surface area contributed by atoms with Crippen LogP contribution in [0.1, 0.15) is 37.5 Å². The lowest BCUT2D eigenvalue weighted by molar-refractivity contribution is 0.590. The molecule has 2 aliphatic heterocycles. The summed E-state index contributed by atoms with van der Waals surface area (Å²) in [5.41, 5.74) is 30.4. The van der Waals surface area contributed by atoms with Gasteiger partial charge in [-0.2, -0.15) is 10.5 Å². The topological polar surface area (TPSA) is 80.3 Å². The maximum Gasteiger partial charge on any atom is 0.252 e. The molecule has 0 N–H and O–H groups in total. The van der Waals surface area contributed by atoms with Crippen molar-refractivity contribution in [3.8, 4) is 101 Å². The minimum atomic E-state index is -0.398. The van der Waals surface area contributed by atoms with Crippen LogP contribution in [0.3, 0.4) is 0 Å². The molecule has 2 aromatic heterocycles. The van der Waals surface area contributed by atoms with E-state index in [2.05, 4.69) is 322 Å². The van der Waals surface area contributed by atoms with Crippen LogP contribution in [0, 0.1) is 22.7 Å². The van der Waals surface area contributed by atoms with Crippen LogP contribution in [0.5, 0.6) is 0 Å². The Bertz CT molecular complexity index is 5890. The fraction of sp³-hybridized carbons (Fsp3) is 0.0417. The van der Waals surface area contributed by atoms with E-state index in [0.717, 1.165) is 189 Å². The van der Waals surface area contributed by atoms with Gasteiger partial charge in [0.15, 0.2) is 0 Å². The van der Waals surface area contributed by atoms with Crippen LogP contribution in [0.4, 0.5) is 34.1 Å². The molecule has 0 radical (unpaired) electrons. The van der Waals surface area contributed by atoms with Crippen LogP contribution in [0.2, 0.25) is 0 Å². The molecule has 0 spiro atoms. The van der Waals surface area contributed by atoms with E-state index < -0.39 is 12.1 Å². The summed E-state index contributed by atoms with van der Waals surface area (Å²) in [6.45, 7) is 6.59. The summed E-state index contributed by atoms with van der Waals surface area (Å²) in [7, 11) is 0. The summed E-state index contributed by atoms with van der Waals surface area (Å²) in [4.78, 5) is 5.19. The first-order valence-corrected chi connectivity index (χ1v) is 35.1. The Balaban J connectivity index is 0.999. The van der Waals surface area contributed by atoms with Crippen molar-refractivity contribution in [2.24, 2.45) is 0 Å². The number of benzene rings is 15. The number of hydrogen-bond acceptors (Lipinski definition) is 6. The molecular weight excluding hydrogens is 1250 g/mol. The van der Waals surface area contributed by atoms with E-state index in [0.29, 0.717) is 11.1 Å². The van der Waals surface area contributed by atoms with Crippen molar-refractivity contribution in [3.63, 3.8) is 0 Å². The molecule has 482 valence electrons. The van der Waals surface area contributed by atoms with Gasteiger partial charge in [0.2, 0.25) is 0 Å². The van der Waals surface area contributed by atoms with Gasteiger partial charge in [-0.05, 0) is 156 Å². The molecule has 0 fully saturated rings. The lowest BCUT2D eigenvalue weighted by Crippen LogP contribution is -2.61. The normalized spacial score (nSPS) is 12.3. The van der Waals surface area contributed by atoms with E-state index in [4.69, 9.17) is 8.83 Å². The lowest BCUT2D eigenvalue weighted by atomic mass is 9.33. The number of rotatable bonds is 10. The van der Waals surface area contributed by atoms with E-state index >= 15 is 0 Å². The Labute approximate surface area is 598 Å². The van der Waals surface area contributed by atoms with Crippen LogP contribution >= 0.6 is 0 Å². The summed E-state index contributed by atoms with van der Waals surface area (Å²) >= 11 is 0. The first-order valence-electron chi connectivity index (χ1n) is 35.1. The second kappa shape index (κ2) is 24.2. The summed E-state index contributed by atoms with van der Waals surface area (Å²) in [5, 5.41) is 26.1. The van der Waals surface area contributed by atoms with Crippen molar-refractivity contribution < 1.29 is 8.83 Å². The van der Waals surface area contributed by atoms with Crippen molar-refractivity contribution in [1.29, 1.82) is 10.5 Å². The van der Waals surface area contributed by atoms with Crippen LogP contribution < -0.4 is 26.2 Å². The van der Waals surface area contributed by atoms with Gasteiger partial charge in [-0.1, -0.05) is 276 Å². The summed E-state index contributed by atoms with van der Waals surface area (Å²) in [6.07, 6.45) is 0. The predicted octanol–water partition coefficient (Wildman–Crippen LogP) is 23.9. The Kier molecular flexibility index (Phi) is 14.2. The number of fused-ring (bicyclic) bond motifs is 10. The van der Waals surface area contributed by atoms with Crippen molar-refractivity contribution in [2.75, 3.05) is 9.80 Å². The summed E-state index contributed by atoms with van der Waals surface area (Å²) < 4.78 is 13.9. The van der Waals surface area contributed by atoms with Gasteiger partial charge in [-0.3, -0.25) is 0 Å². The second-order valence-corrected chi connectivity index (χ2v) is 28.0. The zero-order valence-corrected chi connectivity index (χ0v) is 56.9. The Morgan fingerprint density at radius 2 is 0.631 bits per heavy atom. The Morgan fingerprint density at radius 3 is 1.01 bits per heavy atom. The highest BCUT2D eigenvalue weighted by molar-refractivity contribution is 7.00. The highest BCUT2D eigenvalue weighted by atomic mass is 16.3. The molecule has 0 atom stereocenters. The minimum absolute atomic E-state index is 0.395. The molecule has 0 bridgehead atoms. The maximum absolute atomic E-state index is 10.9. The van der Waals surface area contributed by atoms with E-state index in [1.807, 2.05) is 48.5 Å². The van der Waals surface area contributed by atoms with Crippen molar-refractivity contribution in [1.82, 2.24) is 0 Å². The van der Waals surface area contributed by atoms with Gasteiger partial charge in [0, 0.05) is 77.7 Å². The van der Waals surface area contributed by atoms with Gasteiger partial charge in [0.25, 0.3) is 6.71 Å². The fourth-order valence-corrected chi connectivity index (χ4v) is 16.3. The molecule has 6 nitrogen and oxygen atoms in total. The van der Waals surface area contributed by atoms with Crippen LogP contribution in [0.25, 0.3) is 133 Å². The third-order valence-corrected chi connectivity index (χ3v) is 21.1. The van der Waals surface area contributed by atoms with E-state index in [1.54, 1.807) is 0 Å². The molecule has 0 amide bonds. The molecule has 0 saturated carbocycles. The maximum atomic E-state index is 10.9. The molecule has 103 heavy (non-hydrogen) atoms. The van der Waals surface area contributed by atoms with Gasteiger partial charge in [-0.25, -0.2) is 0 Å². The minimum Gasteiger partial charge on any atom is -0.455 e. The number of hydrogen-bond donors (Lipinski definition) is 0. The van der Waals surface area contributed by atoms with Gasteiger partial charge in [0.1, 0.15) is 22.3 Å². The number of para-hydroxylation sites is 4. The monoisotopic (exact) mass is 1310 g/mol. The third-order valence-electron chi connectivity index (χ3n) is 21.1. The highest BCUT2D eigenvalue weighted by Crippen LogP contribution is 2.56. The average molecular weight is 1320 g/mol. The largest absolute Gasteiger partial charge is 0.455 e. The number of anilines is 6. The zero-order chi connectivity index (χ0) is 69.0. The van der Waals surface area contributed by atoms with Crippen LogP contribution in [0.15, 0.2) is 336 Å². The number of furan rings is 2. The predicted molar refractivity (Wildman–Crippen MR) is 427 cm³/mol. The molecule has 0 unspecified atom stereocenters. The standard InChI is InChI=1S/C96H63BN4O2/c1-96(2,3)70-56-87-91-88(57-70)101(93-81(62-30-12-6-13-31-62)52-69(72-37-19-17-35-67(72)59-99)53-82(93)63-32-14-7-15-33-63)86-49-47-65(74-41-25-43-78-76-39-21-23-45-90(76)103-95(74)78)55-84(86)97(91)83-54-64(73-40-24-42-77-75-38-20-22-44-89(75)102-94(73)77)46-48-85(83)100(87)92-79(60-26-8-4-9-27-60)50-68(71-36-18-16-34-66(71)58-98)51-80(92)61-28-10-5-11-29-61/h4-57H,1-3H3. The molecule has 2 aliphatic rings. The fourth-order valence-electron chi connectivity index (χ4n) is 16.3. The SMILES string of the molecule is CC(C)(C)c1cc2c3c(c1)N(c1c(-c4ccccc4)cc(-c4ccccc4C#N)cc1-c1ccccc1)c1ccc(-c4cccc5c4oc4ccccc45)cc1B3c1cc(-c3cccc4c3oc3ccccc34)ccc1N2c1c(-c2ccccc2)cc(-c2ccccc2C#N)cc1-c1ccccc1. The van der Waals surface area contributed by atoms with E-state index in [9.17, 15) is 10.5 Å². The smallest absolute Gasteiger partial charge is 0.252 e. The molecule has 7 heteroatoms. The van der Waals surface area contributed by atoms with Gasteiger partial charge in [0.05, 0.1) is 34.6 Å². The molecule has 0 aliphatic carbocycles. The number of nitrogens with zero attached hydrogens (tertiary/aromatic N) is 4. The van der Waals surface area contributed by atoms with Crippen molar-refractivity contribution >= 4 is 101 Å². The molecule has 19 rings (SSSR count). The molecule has 0 saturated heterocycles. The second-order valence-electron chi connectivity index (χ2n) is 28.0. The summed E-state index contributed by atoms with van der Waals surface area (Å²) in [6, 6.07) is 122. The summed E-state index contributed by atoms with van der Waals surface area (Å²) in [5.74, 6) is 0. The van der Waals surface area contributed by atoms with Crippen molar-refractivity contribution in [2.45, 2.75) is 26.2 Å². The van der Waals surface area contributed by atoms with Crippen LogP contribution in [-0.2, 0) is 5.41 Å². The van der Waals surface area contributed by atoms with Gasteiger partial charge >= 0.3 is 0 Å². The van der Waals surface area contributed by atoms with Gasteiger partial charge in [-0.15, -0.1) is 0 Å². The molecule has 4 heterocycles. The number of nitriles is 2. The molecule has 17 aromatic rings. The van der Waals surface area contributed by atoms with E-state index in [-0.39, 0.29) is 0 Å². The first-order chi connectivity index (χ1) is 50.6. The third kappa shape index (κ3) is 9.92. The van der Waals surface area contributed by atoms with E-state index in [1.165, 1.54) is 0 Å². The zero-order valence-electron chi connectivity index (χ0n) is 56.9. The van der Waals surface area contributed by atoms with Gasteiger partial charge < -0.3 is 18.6 Å². The highest BCUT2D eigenvalue weighted by Gasteiger charge is 2.46. The Morgan fingerprint density at radius 1 is 0.291 bits per heavy atom. The molecular formula is C96H63BN4O2. The van der Waals surface area contributed by atoms with Crippen LogP contribution in [-0.4, -0.2) is 6.71 Å². The average Bonchev–Trinajstić information content (AvgIpc) is 1.42. The lowest BCUT2D eigenvalue weighted by Gasteiger charge is -2.46. The molecule has 15 aromatic carbocycles. The quantitative estimate of drug-likeness (QED) is 0.127.